The van der Waals surface area contributed by atoms with Gasteiger partial charge in [-0.15, -0.1) is 0 Å². The topological polar surface area (TPSA) is 140 Å². The summed E-state index contributed by atoms with van der Waals surface area (Å²) in [6, 6.07) is 20.3. The molecular formula is C25H25N5O4S. The van der Waals surface area contributed by atoms with Gasteiger partial charge in [0, 0.05) is 12.0 Å². The van der Waals surface area contributed by atoms with Gasteiger partial charge in [-0.25, -0.2) is 13.4 Å². The van der Waals surface area contributed by atoms with Crippen molar-refractivity contribution in [1.82, 2.24) is 9.55 Å². The molecule has 1 aromatic heterocycles. The molecule has 0 spiro atoms. The maximum absolute atomic E-state index is 12.8. The molecule has 0 aliphatic rings. The van der Waals surface area contributed by atoms with Gasteiger partial charge in [0.05, 0.1) is 28.2 Å². The lowest BCUT2D eigenvalue weighted by molar-refractivity contribution is -0.143. The first-order chi connectivity index (χ1) is 16.8. The lowest BCUT2D eigenvalue weighted by Gasteiger charge is -2.11. The van der Waals surface area contributed by atoms with Crippen LogP contribution in [0.3, 0.4) is 0 Å². The third kappa shape index (κ3) is 5.49. The smallest absolute Gasteiger partial charge is 0.326 e. The molecule has 4 aromatic rings. The number of sulfonamides is 1. The van der Waals surface area contributed by atoms with Gasteiger partial charge in [-0.05, 0) is 42.8 Å². The van der Waals surface area contributed by atoms with Gasteiger partial charge in [0.15, 0.2) is 0 Å². The number of amidine groups is 1. The number of hydrogen-bond donors (Lipinski definition) is 3. The Hall–Kier alpha value is -4.18. The van der Waals surface area contributed by atoms with Crippen LogP contribution < -0.4 is 10.5 Å². The van der Waals surface area contributed by atoms with E-state index in [1.165, 1.54) is 12.1 Å². The molecule has 0 saturated heterocycles. The third-order valence-electron chi connectivity index (χ3n) is 5.35. The van der Waals surface area contributed by atoms with Crippen LogP contribution in [-0.4, -0.2) is 36.4 Å². The van der Waals surface area contributed by atoms with E-state index in [9.17, 15) is 13.2 Å². The van der Waals surface area contributed by atoms with Crippen LogP contribution in [0.5, 0.6) is 0 Å². The van der Waals surface area contributed by atoms with Gasteiger partial charge in [-0.3, -0.25) is 14.9 Å². The quantitative estimate of drug-likeness (QED) is 0.186. The molecule has 0 radical (unpaired) electrons. The van der Waals surface area contributed by atoms with Gasteiger partial charge in [0.2, 0.25) is 0 Å². The molecule has 35 heavy (non-hydrogen) atoms. The van der Waals surface area contributed by atoms with Crippen LogP contribution in [-0.2, 0) is 32.5 Å². The monoisotopic (exact) mass is 491 g/mol. The van der Waals surface area contributed by atoms with Crippen molar-refractivity contribution in [3.8, 4) is 0 Å². The molecule has 0 aliphatic carbocycles. The molecule has 4 rings (SSSR count). The summed E-state index contributed by atoms with van der Waals surface area (Å²) in [4.78, 5) is 17.2. The minimum absolute atomic E-state index is 0.0171. The predicted molar refractivity (Wildman–Crippen MR) is 134 cm³/mol. The third-order valence-corrected chi connectivity index (χ3v) is 6.75. The molecule has 10 heteroatoms. The van der Waals surface area contributed by atoms with Crippen LogP contribution in [0.1, 0.15) is 23.9 Å². The van der Waals surface area contributed by atoms with Crippen molar-refractivity contribution in [3.63, 3.8) is 0 Å². The number of nitrogen functional groups attached to an aromatic ring is 1. The van der Waals surface area contributed by atoms with Gasteiger partial charge in [-0.1, -0.05) is 42.5 Å². The summed E-state index contributed by atoms with van der Waals surface area (Å²) in [5, 5.41) is 7.55. The number of imidazole rings is 1. The summed E-state index contributed by atoms with van der Waals surface area (Å²) >= 11 is 0. The van der Waals surface area contributed by atoms with Crippen LogP contribution in [0, 0.1) is 5.41 Å². The van der Waals surface area contributed by atoms with Crippen LogP contribution in [0.25, 0.3) is 11.0 Å². The van der Waals surface area contributed by atoms with Crippen molar-refractivity contribution in [2.75, 3.05) is 11.3 Å². The highest BCUT2D eigenvalue weighted by molar-refractivity contribution is 7.92. The highest BCUT2D eigenvalue weighted by Gasteiger charge is 2.18. The second-order valence-electron chi connectivity index (χ2n) is 7.83. The molecule has 0 amide bonds. The zero-order valence-electron chi connectivity index (χ0n) is 19.1. The van der Waals surface area contributed by atoms with E-state index in [4.69, 9.17) is 15.9 Å². The molecule has 1 heterocycles. The highest BCUT2D eigenvalue weighted by atomic mass is 32.2. The molecule has 4 N–H and O–H groups in total. The van der Waals surface area contributed by atoms with Gasteiger partial charge in [0.1, 0.15) is 18.2 Å². The van der Waals surface area contributed by atoms with E-state index in [2.05, 4.69) is 9.71 Å². The van der Waals surface area contributed by atoms with Crippen molar-refractivity contribution in [3.05, 3.63) is 89.7 Å². The molecule has 9 nitrogen and oxygen atoms in total. The summed E-state index contributed by atoms with van der Waals surface area (Å²) in [6.45, 7) is 1.91. The molecule has 0 aliphatic heterocycles. The summed E-state index contributed by atoms with van der Waals surface area (Å²) in [5.41, 5.74) is 8.64. The molecule has 3 aromatic carbocycles. The average Bonchev–Trinajstić information content (AvgIpc) is 3.16. The zero-order chi connectivity index (χ0) is 25.0. The number of nitrogens with zero attached hydrogens (tertiary/aromatic N) is 2. The standard InChI is InChI=1S/C25H25N5O4S/c1-2-34-24(31)16-30-22-15-19(29-35(32,33)20-6-4-3-5-7-20)12-13-21(22)28-23(30)14-17-8-10-18(11-9-17)25(26)27/h3-13,15,29H,2,14,16H2,1H3,(H3,26,27). The van der Waals surface area contributed by atoms with Crippen LogP contribution in [0.15, 0.2) is 77.7 Å². The van der Waals surface area contributed by atoms with E-state index >= 15 is 0 Å². The minimum Gasteiger partial charge on any atom is -0.465 e. The van der Waals surface area contributed by atoms with E-state index in [0.29, 0.717) is 34.5 Å². The maximum Gasteiger partial charge on any atom is 0.326 e. The van der Waals surface area contributed by atoms with E-state index in [1.54, 1.807) is 60.0 Å². The van der Waals surface area contributed by atoms with Crippen LogP contribution in [0.2, 0.25) is 0 Å². The first-order valence-corrected chi connectivity index (χ1v) is 12.4. The average molecular weight is 492 g/mol. The molecule has 0 unspecified atom stereocenters. The highest BCUT2D eigenvalue weighted by Crippen LogP contribution is 2.24. The molecule has 180 valence electrons. The number of anilines is 1. The van der Waals surface area contributed by atoms with Crippen LogP contribution >= 0.6 is 0 Å². The number of hydrogen-bond acceptors (Lipinski definition) is 6. The summed E-state index contributed by atoms with van der Waals surface area (Å²) in [6.07, 6.45) is 0.414. The first-order valence-electron chi connectivity index (χ1n) is 10.9. The Balaban J connectivity index is 1.71. The van der Waals surface area contributed by atoms with Crippen molar-refractivity contribution in [2.24, 2.45) is 5.73 Å². The predicted octanol–water partition coefficient (Wildman–Crippen LogP) is 3.28. The van der Waals surface area contributed by atoms with Crippen molar-refractivity contribution in [1.29, 1.82) is 5.41 Å². The molecule has 0 bridgehead atoms. The Bertz CT molecular complexity index is 1480. The Morgan fingerprint density at radius 2 is 1.80 bits per heavy atom. The number of carbonyl (C=O) groups excluding carboxylic acids is 1. The summed E-state index contributed by atoms with van der Waals surface area (Å²) in [7, 11) is -3.78. The van der Waals surface area contributed by atoms with Gasteiger partial charge < -0.3 is 15.0 Å². The van der Waals surface area contributed by atoms with Gasteiger partial charge in [0.25, 0.3) is 10.0 Å². The number of ether oxygens (including phenoxy) is 1. The minimum atomic E-state index is -3.78. The normalized spacial score (nSPS) is 11.3. The Morgan fingerprint density at radius 3 is 2.46 bits per heavy atom. The number of carbonyl (C=O) groups is 1. The van der Waals surface area contributed by atoms with Crippen molar-refractivity contribution >= 4 is 38.5 Å². The Morgan fingerprint density at radius 1 is 1.09 bits per heavy atom. The number of nitrogens with two attached hydrogens (primary N) is 1. The number of fused-ring (bicyclic) bond motifs is 1. The zero-order valence-corrected chi connectivity index (χ0v) is 19.9. The summed E-state index contributed by atoms with van der Waals surface area (Å²) in [5.74, 6) is 0.179. The Kier molecular flexibility index (Phi) is 6.83. The van der Waals surface area contributed by atoms with Gasteiger partial charge in [-0.2, -0.15) is 0 Å². The second-order valence-corrected chi connectivity index (χ2v) is 9.51. The molecule has 0 fully saturated rings. The van der Waals surface area contributed by atoms with Crippen LogP contribution in [0.4, 0.5) is 5.69 Å². The van der Waals surface area contributed by atoms with E-state index in [1.807, 2.05) is 12.1 Å². The number of rotatable bonds is 9. The number of benzene rings is 3. The van der Waals surface area contributed by atoms with E-state index < -0.39 is 16.0 Å². The molecular weight excluding hydrogens is 466 g/mol. The second kappa shape index (κ2) is 9.98. The molecule has 0 saturated carbocycles. The maximum atomic E-state index is 12.8. The lowest BCUT2D eigenvalue weighted by atomic mass is 10.1. The fourth-order valence-electron chi connectivity index (χ4n) is 3.68. The van der Waals surface area contributed by atoms with E-state index in [-0.39, 0.29) is 23.9 Å². The van der Waals surface area contributed by atoms with E-state index in [0.717, 1.165) is 5.56 Å². The largest absolute Gasteiger partial charge is 0.465 e. The summed E-state index contributed by atoms with van der Waals surface area (Å²) < 4.78 is 35.0. The Labute approximate surface area is 203 Å². The number of aromatic nitrogens is 2. The van der Waals surface area contributed by atoms with Crippen molar-refractivity contribution in [2.45, 2.75) is 24.8 Å². The number of esters is 1. The van der Waals surface area contributed by atoms with Gasteiger partial charge >= 0.3 is 5.97 Å². The SMILES string of the molecule is CCOC(=O)Cn1c(Cc2ccc(C(=N)N)cc2)nc2ccc(NS(=O)(=O)c3ccccc3)cc21. The van der Waals surface area contributed by atoms with Crippen molar-refractivity contribution < 1.29 is 17.9 Å². The first kappa shape index (κ1) is 24.0. The lowest BCUT2D eigenvalue weighted by Crippen LogP contribution is -2.16. The fourth-order valence-corrected chi connectivity index (χ4v) is 4.75. The number of nitrogens with one attached hydrogen (secondary N) is 2. The fraction of sp³-hybridized carbons (Fsp3) is 0.160. The molecule has 0 atom stereocenters.